The van der Waals surface area contributed by atoms with E-state index in [-0.39, 0.29) is 0 Å². The Morgan fingerprint density at radius 1 is 1.24 bits per heavy atom. The molecule has 96 valence electrons. The molecule has 0 amide bonds. The summed E-state index contributed by atoms with van der Waals surface area (Å²) in [5.41, 5.74) is 2.23. The predicted molar refractivity (Wildman–Crippen MR) is 69.3 cm³/mol. The molecule has 0 spiro atoms. The number of hydrogen-bond acceptors (Lipinski definition) is 2. The molecule has 1 unspecified atom stereocenters. The van der Waals surface area contributed by atoms with Crippen molar-refractivity contribution in [1.82, 2.24) is 0 Å². The fourth-order valence-corrected chi connectivity index (χ4v) is 1.70. The van der Waals surface area contributed by atoms with Gasteiger partial charge in [0.05, 0.1) is 6.04 Å². The largest absolute Gasteiger partial charge is 0.490 e. The fourth-order valence-electron chi connectivity index (χ4n) is 1.70. The van der Waals surface area contributed by atoms with Gasteiger partial charge in [0.25, 0.3) is 0 Å². The Balaban J connectivity index is 2.44. The zero-order chi connectivity index (χ0) is 12.8. The molecule has 0 fully saturated rings. The maximum absolute atomic E-state index is 9.78. The average Bonchev–Trinajstić information content (AvgIpc) is 2.25. The Morgan fingerprint density at radius 3 is 2.35 bits per heavy atom. The van der Waals surface area contributed by atoms with Gasteiger partial charge in [-0.05, 0) is 38.8 Å². The number of rotatable bonds is 6. The van der Waals surface area contributed by atoms with Crippen LogP contribution >= 0.6 is 0 Å². The minimum Gasteiger partial charge on any atom is -0.490 e. The first-order valence-corrected chi connectivity index (χ1v) is 6.21. The highest BCUT2D eigenvalue weighted by Gasteiger charge is 2.10. The van der Waals surface area contributed by atoms with Gasteiger partial charge in [-0.2, -0.15) is 0 Å². The van der Waals surface area contributed by atoms with E-state index in [2.05, 4.69) is 19.2 Å². The molecule has 0 radical (unpaired) electrons. The molecule has 3 nitrogen and oxygen atoms in total. The highest BCUT2D eigenvalue weighted by atomic mass is 16.5. The number of aliphatic hydroxyl groups is 1. The molecule has 0 aromatic heterocycles. The van der Waals surface area contributed by atoms with Crippen LogP contribution in [0.25, 0.3) is 0 Å². The molecule has 1 aromatic carbocycles. The van der Waals surface area contributed by atoms with E-state index in [1.807, 2.05) is 32.0 Å². The van der Waals surface area contributed by atoms with E-state index in [0.29, 0.717) is 19.2 Å². The van der Waals surface area contributed by atoms with Gasteiger partial charge in [-0.1, -0.05) is 18.2 Å². The molecule has 0 saturated carbocycles. The zero-order valence-electron chi connectivity index (χ0n) is 11.2. The standard InChI is InChI=1S/C14H23NO2/c1-10(2)15-8-13(16)9-17-14-11(3)6-5-7-12(14)4/h5-7,10,13,15-16H,8-9H2,1-4H3/p+1. The Kier molecular flexibility index (Phi) is 5.45. The van der Waals surface area contributed by atoms with Crippen molar-refractivity contribution in [3.63, 3.8) is 0 Å². The quantitative estimate of drug-likeness (QED) is 0.777. The van der Waals surface area contributed by atoms with Crippen molar-refractivity contribution >= 4 is 0 Å². The number of quaternary nitrogens is 1. The lowest BCUT2D eigenvalue weighted by Crippen LogP contribution is -2.90. The smallest absolute Gasteiger partial charge is 0.137 e. The Hall–Kier alpha value is -1.06. The monoisotopic (exact) mass is 238 g/mol. The van der Waals surface area contributed by atoms with Gasteiger partial charge in [0.2, 0.25) is 0 Å². The molecule has 0 heterocycles. The van der Waals surface area contributed by atoms with Crippen LogP contribution < -0.4 is 10.1 Å². The maximum atomic E-state index is 9.78. The summed E-state index contributed by atoms with van der Waals surface area (Å²) in [5, 5.41) is 11.9. The summed E-state index contributed by atoms with van der Waals surface area (Å²) >= 11 is 0. The first-order chi connectivity index (χ1) is 8.00. The second-order valence-electron chi connectivity index (χ2n) is 4.90. The van der Waals surface area contributed by atoms with E-state index in [9.17, 15) is 5.11 Å². The van der Waals surface area contributed by atoms with Crippen molar-refractivity contribution in [1.29, 1.82) is 0 Å². The maximum Gasteiger partial charge on any atom is 0.137 e. The van der Waals surface area contributed by atoms with Gasteiger partial charge in [0.1, 0.15) is 25.0 Å². The lowest BCUT2D eigenvalue weighted by molar-refractivity contribution is -0.688. The summed E-state index contributed by atoms with van der Waals surface area (Å²) in [6.07, 6.45) is -0.420. The summed E-state index contributed by atoms with van der Waals surface area (Å²) in [6, 6.07) is 6.56. The number of benzene rings is 1. The van der Waals surface area contributed by atoms with Crippen LogP contribution in [0.5, 0.6) is 5.75 Å². The van der Waals surface area contributed by atoms with E-state index in [1.165, 1.54) is 0 Å². The summed E-state index contributed by atoms with van der Waals surface area (Å²) in [7, 11) is 0. The molecule has 0 aliphatic carbocycles. The van der Waals surface area contributed by atoms with Crippen molar-refractivity contribution in [2.24, 2.45) is 0 Å². The van der Waals surface area contributed by atoms with Crippen molar-refractivity contribution < 1.29 is 15.2 Å². The first kappa shape index (κ1) is 14.0. The average molecular weight is 238 g/mol. The van der Waals surface area contributed by atoms with Crippen LogP contribution in [0.15, 0.2) is 18.2 Å². The van der Waals surface area contributed by atoms with E-state index >= 15 is 0 Å². The number of aryl methyl sites for hydroxylation is 2. The first-order valence-electron chi connectivity index (χ1n) is 6.21. The van der Waals surface area contributed by atoms with Crippen LogP contribution in [-0.2, 0) is 0 Å². The summed E-state index contributed by atoms with van der Waals surface area (Å²) in [5.74, 6) is 0.899. The summed E-state index contributed by atoms with van der Waals surface area (Å²) in [4.78, 5) is 0. The second kappa shape index (κ2) is 6.62. The lowest BCUT2D eigenvalue weighted by atomic mass is 10.1. The molecule has 0 saturated heterocycles. The van der Waals surface area contributed by atoms with Crippen molar-refractivity contribution in [2.45, 2.75) is 39.8 Å². The van der Waals surface area contributed by atoms with E-state index in [4.69, 9.17) is 4.74 Å². The Bertz CT molecular complexity index is 330. The molecule has 1 rings (SSSR count). The van der Waals surface area contributed by atoms with Crippen LogP contribution in [-0.4, -0.2) is 30.4 Å². The fraction of sp³-hybridized carbons (Fsp3) is 0.571. The highest BCUT2D eigenvalue weighted by Crippen LogP contribution is 2.22. The van der Waals surface area contributed by atoms with E-state index in [1.54, 1.807) is 0 Å². The number of aliphatic hydroxyl groups excluding tert-OH is 1. The summed E-state index contributed by atoms with van der Waals surface area (Å²) < 4.78 is 5.69. The molecule has 1 aromatic rings. The van der Waals surface area contributed by atoms with Gasteiger partial charge in [-0.15, -0.1) is 0 Å². The van der Waals surface area contributed by atoms with E-state index < -0.39 is 6.10 Å². The van der Waals surface area contributed by atoms with Crippen molar-refractivity contribution in [3.05, 3.63) is 29.3 Å². The normalized spacial score (nSPS) is 12.8. The minimum absolute atomic E-state index is 0.356. The molecule has 3 N–H and O–H groups in total. The molecule has 17 heavy (non-hydrogen) atoms. The van der Waals surface area contributed by atoms with Gasteiger partial charge in [-0.3, -0.25) is 0 Å². The Morgan fingerprint density at radius 2 is 1.82 bits per heavy atom. The number of nitrogens with two attached hydrogens (primary N) is 1. The predicted octanol–water partition coefficient (Wildman–Crippen LogP) is 1.01. The van der Waals surface area contributed by atoms with Gasteiger partial charge in [0.15, 0.2) is 0 Å². The third-order valence-corrected chi connectivity index (χ3v) is 2.71. The number of ether oxygens (including phenoxy) is 1. The van der Waals surface area contributed by atoms with Crippen LogP contribution in [0, 0.1) is 13.8 Å². The molecular formula is C14H24NO2+. The second-order valence-corrected chi connectivity index (χ2v) is 4.90. The molecule has 0 bridgehead atoms. The van der Waals surface area contributed by atoms with E-state index in [0.717, 1.165) is 16.9 Å². The lowest BCUT2D eigenvalue weighted by Gasteiger charge is -2.15. The molecule has 0 aliphatic rings. The van der Waals surface area contributed by atoms with Crippen molar-refractivity contribution in [2.75, 3.05) is 13.2 Å². The zero-order valence-corrected chi connectivity index (χ0v) is 11.2. The number of hydrogen-bond donors (Lipinski definition) is 2. The van der Waals surface area contributed by atoms with Crippen LogP contribution in [0.2, 0.25) is 0 Å². The van der Waals surface area contributed by atoms with Crippen molar-refractivity contribution in [3.8, 4) is 5.75 Å². The topological polar surface area (TPSA) is 46.1 Å². The SMILES string of the molecule is Cc1cccc(C)c1OCC(O)C[NH2+]C(C)C. The van der Waals surface area contributed by atoms with Crippen LogP contribution in [0.4, 0.5) is 0 Å². The molecular weight excluding hydrogens is 214 g/mol. The molecule has 0 aliphatic heterocycles. The van der Waals surface area contributed by atoms with Gasteiger partial charge in [0, 0.05) is 0 Å². The third-order valence-electron chi connectivity index (χ3n) is 2.71. The molecule has 3 heteroatoms. The van der Waals surface area contributed by atoms with Crippen LogP contribution in [0.1, 0.15) is 25.0 Å². The van der Waals surface area contributed by atoms with Crippen LogP contribution in [0.3, 0.4) is 0 Å². The minimum atomic E-state index is -0.420. The Labute approximate surface area is 104 Å². The third kappa shape index (κ3) is 4.75. The molecule has 1 atom stereocenters. The van der Waals surface area contributed by atoms with Gasteiger partial charge < -0.3 is 15.2 Å². The highest BCUT2D eigenvalue weighted by molar-refractivity contribution is 5.39. The number of para-hydroxylation sites is 1. The summed E-state index contributed by atoms with van der Waals surface area (Å²) in [6.45, 7) is 9.31. The van der Waals surface area contributed by atoms with Gasteiger partial charge in [-0.25, -0.2) is 0 Å². The van der Waals surface area contributed by atoms with Gasteiger partial charge >= 0.3 is 0 Å².